The van der Waals surface area contributed by atoms with Crippen LogP contribution in [0.5, 0.6) is 5.75 Å². The summed E-state index contributed by atoms with van der Waals surface area (Å²) in [6.45, 7) is 17.3. The largest absolute Gasteiger partial charge is 0.493 e. The monoisotopic (exact) mass is 417 g/mol. The number of aliphatic imine (C=N–C) groups is 1. The van der Waals surface area contributed by atoms with Crippen LogP contribution in [-0.4, -0.2) is 75.2 Å². The highest BCUT2D eigenvalue weighted by molar-refractivity contribution is 5.80. The lowest BCUT2D eigenvalue weighted by atomic mass is 10.0. The van der Waals surface area contributed by atoms with E-state index in [2.05, 4.69) is 79.2 Å². The van der Waals surface area contributed by atoms with Crippen LogP contribution in [0.15, 0.2) is 29.3 Å². The van der Waals surface area contributed by atoms with Crippen LogP contribution >= 0.6 is 0 Å². The number of ether oxygens (including phenoxy) is 1. The molecule has 30 heavy (non-hydrogen) atoms. The second-order valence-corrected chi connectivity index (χ2v) is 9.24. The summed E-state index contributed by atoms with van der Waals surface area (Å²) in [6.07, 6.45) is 0. The quantitative estimate of drug-likeness (QED) is 0.477. The lowest BCUT2D eigenvalue weighted by molar-refractivity contribution is 0.0900. The van der Waals surface area contributed by atoms with E-state index in [1.807, 2.05) is 19.2 Å². The van der Waals surface area contributed by atoms with Gasteiger partial charge in [0.05, 0.1) is 12.6 Å². The number of rotatable bonds is 9. The molecule has 1 saturated heterocycles. The molecule has 170 valence electrons. The van der Waals surface area contributed by atoms with Crippen molar-refractivity contribution in [2.24, 2.45) is 16.8 Å². The van der Waals surface area contributed by atoms with Gasteiger partial charge in [-0.25, -0.2) is 0 Å². The summed E-state index contributed by atoms with van der Waals surface area (Å²) in [5.74, 6) is 2.89. The van der Waals surface area contributed by atoms with Gasteiger partial charge in [0.1, 0.15) is 5.75 Å². The van der Waals surface area contributed by atoms with Gasteiger partial charge in [-0.05, 0) is 43.5 Å². The van der Waals surface area contributed by atoms with Crippen molar-refractivity contribution in [3.05, 3.63) is 29.8 Å². The molecule has 0 saturated carbocycles. The van der Waals surface area contributed by atoms with Gasteiger partial charge in [-0.15, -0.1) is 0 Å². The minimum atomic E-state index is 0.163. The van der Waals surface area contributed by atoms with Crippen LogP contribution in [0.1, 0.15) is 46.2 Å². The average molecular weight is 418 g/mol. The number of hydrogen-bond acceptors (Lipinski definition) is 4. The molecule has 1 aromatic carbocycles. The molecule has 2 rings (SSSR count). The van der Waals surface area contributed by atoms with E-state index in [4.69, 9.17) is 4.74 Å². The average Bonchev–Trinajstić information content (AvgIpc) is 2.72. The van der Waals surface area contributed by atoms with Crippen LogP contribution in [0.4, 0.5) is 0 Å². The maximum absolute atomic E-state index is 5.79. The van der Waals surface area contributed by atoms with Crippen molar-refractivity contribution in [3.8, 4) is 5.75 Å². The molecule has 1 aliphatic heterocycles. The van der Waals surface area contributed by atoms with Gasteiger partial charge in [-0.3, -0.25) is 9.89 Å². The third-order valence-electron chi connectivity index (χ3n) is 5.80. The summed E-state index contributed by atoms with van der Waals surface area (Å²) in [6, 6.07) is 9.02. The summed E-state index contributed by atoms with van der Waals surface area (Å²) >= 11 is 0. The van der Waals surface area contributed by atoms with E-state index in [0.29, 0.717) is 17.9 Å². The number of hydrogen-bond donors (Lipinski definition) is 2. The van der Waals surface area contributed by atoms with Gasteiger partial charge in [0.2, 0.25) is 0 Å². The maximum atomic E-state index is 5.79. The summed E-state index contributed by atoms with van der Waals surface area (Å²) in [7, 11) is 4.04. The fourth-order valence-corrected chi connectivity index (χ4v) is 3.74. The van der Waals surface area contributed by atoms with Crippen LogP contribution in [0.3, 0.4) is 0 Å². The Morgan fingerprint density at radius 3 is 2.20 bits per heavy atom. The molecule has 6 nitrogen and oxygen atoms in total. The van der Waals surface area contributed by atoms with Gasteiger partial charge in [0.25, 0.3) is 0 Å². The second-order valence-electron chi connectivity index (χ2n) is 9.24. The molecule has 0 spiro atoms. The van der Waals surface area contributed by atoms with E-state index in [-0.39, 0.29) is 6.04 Å². The fraction of sp³-hybridized carbons (Fsp3) is 0.708. The third-order valence-corrected chi connectivity index (χ3v) is 5.80. The van der Waals surface area contributed by atoms with E-state index < -0.39 is 0 Å². The Kier molecular flexibility index (Phi) is 9.92. The van der Waals surface area contributed by atoms with E-state index >= 15 is 0 Å². The Labute approximate surface area is 184 Å². The molecule has 0 radical (unpaired) electrons. The van der Waals surface area contributed by atoms with Crippen molar-refractivity contribution in [2.45, 2.75) is 46.7 Å². The SMILES string of the molecule is CN=C(NCC(C(C)C)N1CCN(C)CC1)NC(C)c1ccc(OCC(C)C)cc1. The molecular formula is C24H43N5O. The molecule has 0 aromatic heterocycles. The normalized spacial score (nSPS) is 18.5. The number of benzene rings is 1. The first-order valence-corrected chi connectivity index (χ1v) is 11.4. The van der Waals surface area contributed by atoms with Crippen molar-refractivity contribution < 1.29 is 4.74 Å². The number of nitrogens with one attached hydrogen (secondary N) is 2. The summed E-state index contributed by atoms with van der Waals surface area (Å²) in [4.78, 5) is 9.47. The van der Waals surface area contributed by atoms with Crippen LogP contribution < -0.4 is 15.4 Å². The first-order valence-electron chi connectivity index (χ1n) is 11.4. The van der Waals surface area contributed by atoms with Crippen molar-refractivity contribution in [2.75, 3.05) is 53.4 Å². The minimum absolute atomic E-state index is 0.163. The van der Waals surface area contributed by atoms with Crippen molar-refractivity contribution in [3.63, 3.8) is 0 Å². The summed E-state index contributed by atoms with van der Waals surface area (Å²) in [5, 5.41) is 7.09. The van der Waals surface area contributed by atoms with Crippen LogP contribution in [-0.2, 0) is 0 Å². The Morgan fingerprint density at radius 2 is 1.67 bits per heavy atom. The van der Waals surface area contributed by atoms with E-state index in [0.717, 1.165) is 51.0 Å². The number of guanidine groups is 1. The van der Waals surface area contributed by atoms with Gasteiger partial charge in [0.15, 0.2) is 5.96 Å². The Morgan fingerprint density at radius 1 is 1.03 bits per heavy atom. The molecule has 1 aliphatic rings. The number of likely N-dealkylation sites (N-methyl/N-ethyl adjacent to an activating group) is 1. The van der Waals surface area contributed by atoms with Gasteiger partial charge in [0, 0.05) is 45.8 Å². The molecule has 2 N–H and O–H groups in total. The van der Waals surface area contributed by atoms with Gasteiger partial charge < -0.3 is 20.3 Å². The fourth-order valence-electron chi connectivity index (χ4n) is 3.74. The standard InChI is InChI=1S/C24H43N5O/c1-18(2)17-30-22-10-8-21(9-11-22)20(5)27-24(25-6)26-16-23(19(3)4)29-14-12-28(7)13-15-29/h8-11,18-20,23H,12-17H2,1-7H3,(H2,25,26,27). The van der Waals surface area contributed by atoms with Gasteiger partial charge in [-0.1, -0.05) is 39.8 Å². The first-order chi connectivity index (χ1) is 14.3. The Bertz CT molecular complexity index is 636. The van der Waals surface area contributed by atoms with E-state index in [9.17, 15) is 0 Å². The first kappa shape index (κ1) is 24.5. The van der Waals surface area contributed by atoms with Gasteiger partial charge >= 0.3 is 0 Å². The highest BCUT2D eigenvalue weighted by Gasteiger charge is 2.25. The lowest BCUT2D eigenvalue weighted by Gasteiger charge is -2.40. The predicted molar refractivity (Wildman–Crippen MR) is 127 cm³/mol. The van der Waals surface area contributed by atoms with Crippen molar-refractivity contribution >= 4 is 5.96 Å². The minimum Gasteiger partial charge on any atom is -0.493 e. The molecule has 1 fully saturated rings. The zero-order valence-corrected chi connectivity index (χ0v) is 20.1. The van der Waals surface area contributed by atoms with Gasteiger partial charge in [-0.2, -0.15) is 0 Å². The lowest BCUT2D eigenvalue weighted by Crippen LogP contribution is -2.55. The van der Waals surface area contributed by atoms with Crippen LogP contribution in [0.2, 0.25) is 0 Å². The number of piperazine rings is 1. The van der Waals surface area contributed by atoms with Crippen LogP contribution in [0.25, 0.3) is 0 Å². The molecule has 0 bridgehead atoms. The van der Waals surface area contributed by atoms with Crippen molar-refractivity contribution in [1.29, 1.82) is 0 Å². The smallest absolute Gasteiger partial charge is 0.191 e. The second kappa shape index (κ2) is 12.2. The molecule has 0 aliphatic carbocycles. The van der Waals surface area contributed by atoms with Crippen LogP contribution in [0, 0.1) is 11.8 Å². The third kappa shape index (κ3) is 7.80. The Hall–Kier alpha value is -1.79. The molecule has 1 heterocycles. The Balaban J connectivity index is 1.88. The zero-order chi connectivity index (χ0) is 22.1. The van der Waals surface area contributed by atoms with E-state index in [1.165, 1.54) is 5.56 Å². The molecular weight excluding hydrogens is 374 g/mol. The highest BCUT2D eigenvalue weighted by atomic mass is 16.5. The summed E-state index contributed by atoms with van der Waals surface area (Å²) < 4.78 is 5.79. The summed E-state index contributed by atoms with van der Waals surface area (Å²) in [5.41, 5.74) is 1.22. The van der Waals surface area contributed by atoms with Crippen molar-refractivity contribution in [1.82, 2.24) is 20.4 Å². The molecule has 6 heteroatoms. The van der Waals surface area contributed by atoms with E-state index in [1.54, 1.807) is 0 Å². The molecule has 2 atom stereocenters. The molecule has 0 amide bonds. The molecule has 1 aromatic rings. The number of nitrogens with zero attached hydrogens (tertiary/aromatic N) is 3. The highest BCUT2D eigenvalue weighted by Crippen LogP contribution is 2.18. The molecule has 2 unspecified atom stereocenters. The maximum Gasteiger partial charge on any atom is 0.191 e. The topological polar surface area (TPSA) is 52.1 Å². The zero-order valence-electron chi connectivity index (χ0n) is 20.1. The predicted octanol–water partition coefficient (Wildman–Crippen LogP) is 3.22.